The normalized spacial score (nSPS) is 11.7. The Morgan fingerprint density at radius 1 is 1.05 bits per heavy atom. The predicted molar refractivity (Wildman–Crippen MR) is 85.2 cm³/mol. The Morgan fingerprint density at radius 2 is 1.76 bits per heavy atom. The van der Waals surface area contributed by atoms with Crippen molar-refractivity contribution < 1.29 is 13.2 Å². The highest BCUT2D eigenvalue weighted by atomic mass is 79.9. The molecule has 2 aromatic carbocycles. The minimum absolute atomic E-state index is 0.259. The van der Waals surface area contributed by atoms with Crippen LogP contribution in [0.15, 0.2) is 64.1 Å². The Kier molecular flexibility index (Phi) is 3.51. The van der Waals surface area contributed by atoms with Crippen LogP contribution in [0.3, 0.4) is 0 Å². The fourth-order valence-electron chi connectivity index (χ4n) is 2.21. The third kappa shape index (κ3) is 2.24. The van der Waals surface area contributed by atoms with E-state index in [4.69, 9.17) is 4.74 Å². The van der Waals surface area contributed by atoms with Crippen LogP contribution in [0.25, 0.3) is 10.9 Å². The second-order valence-corrected chi connectivity index (χ2v) is 7.05. The third-order valence-electron chi connectivity index (χ3n) is 3.26. The van der Waals surface area contributed by atoms with Gasteiger partial charge in [-0.3, -0.25) is 0 Å². The van der Waals surface area contributed by atoms with Gasteiger partial charge in [0.05, 0.1) is 22.0 Å². The number of fused-ring (bicyclic) bond motifs is 1. The minimum atomic E-state index is -3.60. The molecule has 0 radical (unpaired) electrons. The number of ether oxygens (including phenoxy) is 1. The van der Waals surface area contributed by atoms with E-state index >= 15 is 0 Å². The first-order valence-corrected chi connectivity index (χ1v) is 8.43. The number of aromatic nitrogens is 1. The molecule has 6 heteroatoms. The van der Waals surface area contributed by atoms with E-state index in [9.17, 15) is 8.42 Å². The Labute approximate surface area is 131 Å². The molecule has 0 aliphatic rings. The number of hydrogen-bond donors (Lipinski definition) is 0. The molecule has 0 unspecified atom stereocenters. The standard InChI is InChI=1S/C15H12BrNO3S/c1-20-14-8-7-13-12(15(14)16)9-10-17(13)21(18,19)11-5-3-2-4-6-11/h2-10H,1H3. The van der Waals surface area contributed by atoms with Gasteiger partial charge < -0.3 is 4.74 Å². The minimum Gasteiger partial charge on any atom is -0.496 e. The van der Waals surface area contributed by atoms with E-state index in [0.29, 0.717) is 11.3 Å². The number of rotatable bonds is 3. The van der Waals surface area contributed by atoms with Crippen LogP contribution in [-0.2, 0) is 10.0 Å². The molecule has 0 fully saturated rings. The van der Waals surface area contributed by atoms with Crippen LogP contribution >= 0.6 is 15.9 Å². The van der Waals surface area contributed by atoms with Crippen molar-refractivity contribution in [2.45, 2.75) is 4.90 Å². The first-order valence-electron chi connectivity index (χ1n) is 6.20. The molecule has 0 bridgehead atoms. The summed E-state index contributed by atoms with van der Waals surface area (Å²) in [5, 5.41) is 0.786. The summed E-state index contributed by atoms with van der Waals surface area (Å²) in [5.74, 6) is 0.664. The molecule has 1 heterocycles. The average molecular weight is 366 g/mol. The summed E-state index contributed by atoms with van der Waals surface area (Å²) in [6, 6.07) is 13.6. The molecule has 0 aliphatic heterocycles. The van der Waals surface area contributed by atoms with Crippen molar-refractivity contribution in [2.24, 2.45) is 0 Å². The Balaban J connectivity index is 2.25. The number of nitrogens with zero attached hydrogens (tertiary/aromatic N) is 1. The van der Waals surface area contributed by atoms with Gasteiger partial charge in [0, 0.05) is 11.6 Å². The third-order valence-corrected chi connectivity index (χ3v) is 5.78. The summed E-state index contributed by atoms with van der Waals surface area (Å²) in [7, 11) is -2.03. The number of methoxy groups -OCH3 is 1. The van der Waals surface area contributed by atoms with Crippen molar-refractivity contribution in [2.75, 3.05) is 7.11 Å². The monoisotopic (exact) mass is 365 g/mol. The maximum absolute atomic E-state index is 12.7. The molecule has 4 nitrogen and oxygen atoms in total. The number of hydrogen-bond acceptors (Lipinski definition) is 3. The highest BCUT2D eigenvalue weighted by Crippen LogP contribution is 2.34. The Bertz CT molecular complexity index is 901. The second kappa shape index (κ2) is 5.20. The molecule has 3 aromatic rings. The number of benzene rings is 2. The molecule has 0 saturated heterocycles. The van der Waals surface area contributed by atoms with E-state index in [1.165, 1.54) is 3.97 Å². The van der Waals surface area contributed by atoms with Gasteiger partial charge in [0.2, 0.25) is 0 Å². The van der Waals surface area contributed by atoms with Crippen LogP contribution in [-0.4, -0.2) is 19.5 Å². The van der Waals surface area contributed by atoms with Gasteiger partial charge in [0.1, 0.15) is 5.75 Å². The van der Waals surface area contributed by atoms with E-state index in [2.05, 4.69) is 15.9 Å². The molecular weight excluding hydrogens is 354 g/mol. The van der Waals surface area contributed by atoms with E-state index in [-0.39, 0.29) is 4.90 Å². The lowest BCUT2D eigenvalue weighted by Gasteiger charge is -2.09. The molecule has 0 spiro atoms. The molecule has 21 heavy (non-hydrogen) atoms. The summed E-state index contributed by atoms with van der Waals surface area (Å²) in [6.07, 6.45) is 1.55. The summed E-state index contributed by atoms with van der Waals surface area (Å²) >= 11 is 3.45. The highest BCUT2D eigenvalue weighted by Gasteiger charge is 2.20. The average Bonchev–Trinajstić information content (AvgIpc) is 2.94. The van der Waals surface area contributed by atoms with Gasteiger partial charge in [-0.1, -0.05) is 18.2 Å². The molecule has 0 aliphatic carbocycles. The molecule has 3 rings (SSSR count). The molecule has 0 atom stereocenters. The summed E-state index contributed by atoms with van der Waals surface area (Å²) in [4.78, 5) is 0.259. The molecule has 0 amide bonds. The van der Waals surface area contributed by atoms with E-state index in [1.807, 2.05) is 0 Å². The van der Waals surface area contributed by atoms with E-state index < -0.39 is 10.0 Å². The van der Waals surface area contributed by atoms with Crippen LogP contribution in [0, 0.1) is 0 Å². The molecule has 108 valence electrons. The lowest BCUT2D eigenvalue weighted by molar-refractivity contribution is 0.413. The topological polar surface area (TPSA) is 48.3 Å². The molecule has 0 N–H and O–H groups in total. The van der Waals surface area contributed by atoms with Gasteiger partial charge in [-0.15, -0.1) is 0 Å². The van der Waals surface area contributed by atoms with Crippen LogP contribution < -0.4 is 4.74 Å². The van der Waals surface area contributed by atoms with Crippen molar-refractivity contribution >= 4 is 36.9 Å². The maximum atomic E-state index is 12.7. The van der Waals surface area contributed by atoms with Crippen LogP contribution in [0.4, 0.5) is 0 Å². The summed E-state index contributed by atoms with van der Waals surface area (Å²) < 4.78 is 32.6. The van der Waals surface area contributed by atoms with Crippen LogP contribution in [0.2, 0.25) is 0 Å². The highest BCUT2D eigenvalue weighted by molar-refractivity contribution is 9.10. The zero-order valence-corrected chi connectivity index (χ0v) is 13.6. The SMILES string of the molecule is COc1ccc2c(ccn2S(=O)(=O)c2ccccc2)c1Br. The van der Waals surface area contributed by atoms with E-state index in [1.54, 1.807) is 61.8 Å². The Hall–Kier alpha value is -1.79. The van der Waals surface area contributed by atoms with Gasteiger partial charge in [0.25, 0.3) is 10.0 Å². The zero-order valence-electron chi connectivity index (χ0n) is 11.2. The van der Waals surface area contributed by atoms with Crippen molar-refractivity contribution in [3.8, 4) is 5.75 Å². The van der Waals surface area contributed by atoms with Gasteiger partial charge >= 0.3 is 0 Å². The first kappa shape index (κ1) is 14.2. The lowest BCUT2D eigenvalue weighted by Crippen LogP contribution is -2.11. The molecule has 1 aromatic heterocycles. The van der Waals surface area contributed by atoms with Crippen molar-refractivity contribution in [1.82, 2.24) is 3.97 Å². The molecule has 0 saturated carbocycles. The Morgan fingerprint density at radius 3 is 2.43 bits per heavy atom. The maximum Gasteiger partial charge on any atom is 0.268 e. The fourth-order valence-corrected chi connectivity index (χ4v) is 4.21. The first-order chi connectivity index (χ1) is 10.1. The van der Waals surface area contributed by atoms with Gasteiger partial charge in [-0.2, -0.15) is 0 Å². The van der Waals surface area contributed by atoms with Crippen molar-refractivity contribution in [1.29, 1.82) is 0 Å². The summed E-state index contributed by atoms with van der Waals surface area (Å²) in [6.45, 7) is 0. The van der Waals surface area contributed by atoms with E-state index in [0.717, 1.165) is 9.86 Å². The van der Waals surface area contributed by atoms with Gasteiger partial charge in [0.15, 0.2) is 0 Å². The summed E-state index contributed by atoms with van der Waals surface area (Å²) in [5.41, 5.74) is 0.603. The molecular formula is C15H12BrNO3S. The largest absolute Gasteiger partial charge is 0.496 e. The van der Waals surface area contributed by atoms with Crippen LogP contribution in [0.5, 0.6) is 5.75 Å². The zero-order chi connectivity index (χ0) is 15.0. The number of halogens is 1. The van der Waals surface area contributed by atoms with Gasteiger partial charge in [-0.05, 0) is 46.3 Å². The predicted octanol–water partition coefficient (Wildman–Crippen LogP) is 3.65. The second-order valence-electron chi connectivity index (χ2n) is 4.44. The lowest BCUT2D eigenvalue weighted by atomic mass is 10.2. The smallest absolute Gasteiger partial charge is 0.268 e. The fraction of sp³-hybridized carbons (Fsp3) is 0.0667. The van der Waals surface area contributed by atoms with Crippen molar-refractivity contribution in [3.05, 3.63) is 59.2 Å². The van der Waals surface area contributed by atoms with Crippen LogP contribution in [0.1, 0.15) is 0 Å². The van der Waals surface area contributed by atoms with Crippen molar-refractivity contribution in [3.63, 3.8) is 0 Å². The van der Waals surface area contributed by atoms with Gasteiger partial charge in [-0.25, -0.2) is 12.4 Å². The quantitative estimate of drug-likeness (QED) is 0.711.